The monoisotopic (exact) mass is 370 g/mol. The van der Waals surface area contributed by atoms with Gasteiger partial charge < -0.3 is 4.90 Å². The lowest BCUT2D eigenvalue weighted by molar-refractivity contribution is 0.0652. The van der Waals surface area contributed by atoms with Crippen molar-refractivity contribution in [1.29, 1.82) is 0 Å². The highest BCUT2D eigenvalue weighted by Gasteiger charge is 2.29. The van der Waals surface area contributed by atoms with Gasteiger partial charge in [-0.05, 0) is 57.3 Å². The maximum absolute atomic E-state index is 13.1. The van der Waals surface area contributed by atoms with Crippen LogP contribution in [0.15, 0.2) is 6.20 Å². The first-order valence-corrected chi connectivity index (χ1v) is 10.5. The number of H-pyrrole nitrogens is 1. The third kappa shape index (κ3) is 4.06. The molecule has 1 aliphatic carbocycles. The summed E-state index contributed by atoms with van der Waals surface area (Å²) < 4.78 is 1.96. The molecule has 2 aliphatic rings. The number of nitrogens with zero attached hydrogens (tertiary/aromatic N) is 5. The Morgan fingerprint density at radius 1 is 1.30 bits per heavy atom. The molecule has 27 heavy (non-hydrogen) atoms. The third-order valence-corrected chi connectivity index (χ3v) is 5.88. The van der Waals surface area contributed by atoms with Crippen molar-refractivity contribution in [3.8, 4) is 0 Å². The van der Waals surface area contributed by atoms with Crippen LogP contribution in [0.3, 0.4) is 0 Å². The Hall–Kier alpha value is -2.18. The number of rotatable bonds is 6. The maximum Gasteiger partial charge on any atom is 0.274 e. The molecule has 7 nitrogen and oxygen atoms in total. The number of carbonyl (C=O) groups is 1. The van der Waals surface area contributed by atoms with Crippen LogP contribution in [0.5, 0.6) is 0 Å². The van der Waals surface area contributed by atoms with Crippen molar-refractivity contribution >= 4 is 5.91 Å². The number of amides is 1. The summed E-state index contributed by atoms with van der Waals surface area (Å²) in [5.41, 5.74) is 4.06. The van der Waals surface area contributed by atoms with Gasteiger partial charge in [0.2, 0.25) is 0 Å². The summed E-state index contributed by atoms with van der Waals surface area (Å²) in [4.78, 5) is 15.1. The summed E-state index contributed by atoms with van der Waals surface area (Å²) in [6.07, 6.45) is 11.9. The van der Waals surface area contributed by atoms with Crippen molar-refractivity contribution in [2.75, 3.05) is 13.1 Å². The van der Waals surface area contributed by atoms with Crippen LogP contribution >= 0.6 is 0 Å². The molecule has 1 saturated heterocycles. The highest BCUT2D eigenvalue weighted by molar-refractivity contribution is 5.94. The molecule has 2 aromatic heterocycles. The number of likely N-dealkylation sites (tertiary alicyclic amines) is 1. The molecule has 3 heterocycles. The van der Waals surface area contributed by atoms with Crippen LogP contribution in [0.25, 0.3) is 0 Å². The number of piperidine rings is 1. The Labute approximate surface area is 160 Å². The van der Waals surface area contributed by atoms with E-state index in [0.29, 0.717) is 11.6 Å². The minimum absolute atomic E-state index is 0.0984. The number of hydrogen-bond acceptors (Lipinski definition) is 4. The molecule has 0 aromatic carbocycles. The van der Waals surface area contributed by atoms with Crippen molar-refractivity contribution in [2.24, 2.45) is 5.92 Å². The van der Waals surface area contributed by atoms with E-state index >= 15 is 0 Å². The first-order chi connectivity index (χ1) is 13.2. The Morgan fingerprint density at radius 2 is 2.19 bits per heavy atom. The van der Waals surface area contributed by atoms with Crippen LogP contribution in [0.2, 0.25) is 0 Å². The maximum atomic E-state index is 13.1. The second-order valence-corrected chi connectivity index (χ2v) is 8.03. The molecule has 1 N–H and O–H groups in total. The number of aromatic amines is 1. The Kier molecular flexibility index (Phi) is 5.55. The minimum atomic E-state index is 0.0984. The first-order valence-electron chi connectivity index (χ1n) is 10.5. The standard InChI is InChI=1S/C20H30N6O/c1-2-3-8-16-14-26(24-21-16)13-15-7-6-11-25(12-15)20(27)19-17-9-4-5-10-18(17)22-23-19/h14-15H,2-13H2,1H3,(H,22,23). The lowest BCUT2D eigenvalue weighted by Gasteiger charge is -2.32. The molecular formula is C20H30N6O. The van der Waals surface area contributed by atoms with E-state index in [1.54, 1.807) is 0 Å². The van der Waals surface area contributed by atoms with E-state index in [9.17, 15) is 4.79 Å². The van der Waals surface area contributed by atoms with Gasteiger partial charge in [0.25, 0.3) is 5.91 Å². The van der Waals surface area contributed by atoms with Gasteiger partial charge in [0.05, 0.1) is 5.69 Å². The van der Waals surface area contributed by atoms with Gasteiger partial charge in [-0.2, -0.15) is 5.10 Å². The molecular weight excluding hydrogens is 340 g/mol. The smallest absolute Gasteiger partial charge is 0.274 e. The minimum Gasteiger partial charge on any atom is -0.337 e. The summed E-state index contributed by atoms with van der Waals surface area (Å²) in [7, 11) is 0. The molecule has 0 radical (unpaired) electrons. The molecule has 0 saturated carbocycles. The van der Waals surface area contributed by atoms with Crippen LogP contribution in [0.4, 0.5) is 0 Å². The topological polar surface area (TPSA) is 79.7 Å². The van der Waals surface area contributed by atoms with Crippen molar-refractivity contribution in [3.05, 3.63) is 28.8 Å². The normalized spacial score (nSPS) is 19.9. The number of carbonyl (C=O) groups excluding carboxylic acids is 1. The van der Waals surface area contributed by atoms with E-state index in [-0.39, 0.29) is 5.91 Å². The van der Waals surface area contributed by atoms with Crippen LogP contribution in [0.1, 0.15) is 72.9 Å². The zero-order chi connectivity index (χ0) is 18.6. The van der Waals surface area contributed by atoms with E-state index in [0.717, 1.165) is 75.8 Å². The Morgan fingerprint density at radius 3 is 3.07 bits per heavy atom. The predicted octanol–water partition coefficient (Wildman–Crippen LogP) is 2.78. The number of aromatic nitrogens is 5. The van der Waals surface area contributed by atoms with Crippen LogP contribution in [-0.4, -0.2) is 49.1 Å². The van der Waals surface area contributed by atoms with Gasteiger partial charge in [-0.3, -0.25) is 14.6 Å². The van der Waals surface area contributed by atoms with Gasteiger partial charge in [-0.15, -0.1) is 5.10 Å². The van der Waals surface area contributed by atoms with Crippen molar-refractivity contribution in [3.63, 3.8) is 0 Å². The van der Waals surface area contributed by atoms with E-state index in [4.69, 9.17) is 0 Å². The van der Waals surface area contributed by atoms with Gasteiger partial charge in [0.15, 0.2) is 5.69 Å². The summed E-state index contributed by atoms with van der Waals surface area (Å²) in [5, 5.41) is 16.0. The number of aryl methyl sites for hydroxylation is 2. The van der Waals surface area contributed by atoms with Crippen molar-refractivity contribution in [2.45, 2.75) is 71.3 Å². The highest BCUT2D eigenvalue weighted by atomic mass is 16.2. The van der Waals surface area contributed by atoms with E-state index in [2.05, 4.69) is 33.6 Å². The van der Waals surface area contributed by atoms with Gasteiger partial charge in [0.1, 0.15) is 0 Å². The molecule has 1 unspecified atom stereocenters. The predicted molar refractivity (Wildman–Crippen MR) is 102 cm³/mol. The zero-order valence-corrected chi connectivity index (χ0v) is 16.3. The second-order valence-electron chi connectivity index (χ2n) is 8.03. The van der Waals surface area contributed by atoms with Gasteiger partial charge in [-0.25, -0.2) is 0 Å². The fourth-order valence-electron chi connectivity index (χ4n) is 4.37. The molecule has 1 amide bonds. The number of unbranched alkanes of at least 4 members (excludes halogenated alkanes) is 1. The van der Waals surface area contributed by atoms with Crippen LogP contribution in [0, 0.1) is 5.92 Å². The highest BCUT2D eigenvalue weighted by Crippen LogP contribution is 2.25. The summed E-state index contributed by atoms with van der Waals surface area (Å²) >= 11 is 0. The number of fused-ring (bicyclic) bond motifs is 1. The molecule has 7 heteroatoms. The molecule has 4 rings (SSSR count). The fourth-order valence-corrected chi connectivity index (χ4v) is 4.37. The summed E-state index contributed by atoms with van der Waals surface area (Å²) in [6.45, 7) is 4.64. The number of hydrogen-bond donors (Lipinski definition) is 1. The Bertz CT molecular complexity index is 779. The average Bonchev–Trinajstić information content (AvgIpc) is 3.33. The SMILES string of the molecule is CCCCc1cn(CC2CCCN(C(=O)c3n[nH]c4c3CCCC4)C2)nn1. The Balaban J connectivity index is 1.38. The van der Waals surface area contributed by atoms with Gasteiger partial charge in [-0.1, -0.05) is 18.6 Å². The second kappa shape index (κ2) is 8.23. The van der Waals surface area contributed by atoms with Crippen LogP contribution < -0.4 is 0 Å². The van der Waals surface area contributed by atoms with Gasteiger partial charge >= 0.3 is 0 Å². The molecule has 1 fully saturated rings. The fraction of sp³-hybridized carbons (Fsp3) is 0.700. The molecule has 0 bridgehead atoms. The van der Waals surface area contributed by atoms with Crippen molar-refractivity contribution in [1.82, 2.24) is 30.1 Å². The van der Waals surface area contributed by atoms with E-state index < -0.39 is 0 Å². The summed E-state index contributed by atoms with van der Waals surface area (Å²) in [5.74, 6) is 0.527. The molecule has 146 valence electrons. The van der Waals surface area contributed by atoms with Crippen molar-refractivity contribution < 1.29 is 4.79 Å². The number of nitrogens with one attached hydrogen (secondary N) is 1. The lowest BCUT2D eigenvalue weighted by Crippen LogP contribution is -2.41. The van der Waals surface area contributed by atoms with Crippen LogP contribution in [-0.2, 0) is 25.8 Å². The third-order valence-electron chi connectivity index (χ3n) is 5.88. The van der Waals surface area contributed by atoms with E-state index in [1.807, 2.05) is 9.58 Å². The molecule has 2 aromatic rings. The van der Waals surface area contributed by atoms with E-state index in [1.165, 1.54) is 18.5 Å². The molecule has 1 aliphatic heterocycles. The van der Waals surface area contributed by atoms with Gasteiger partial charge in [0, 0.05) is 37.1 Å². The average molecular weight is 371 g/mol. The largest absolute Gasteiger partial charge is 0.337 e. The lowest BCUT2D eigenvalue weighted by atomic mass is 9.94. The molecule has 0 spiro atoms. The first kappa shape index (κ1) is 18.2. The molecule has 1 atom stereocenters. The quantitative estimate of drug-likeness (QED) is 0.848. The zero-order valence-electron chi connectivity index (χ0n) is 16.3. The summed E-state index contributed by atoms with van der Waals surface area (Å²) in [6, 6.07) is 0.